The number of aryl methyl sites for hydroxylation is 2. The molecule has 20 heavy (non-hydrogen) atoms. The van der Waals surface area contributed by atoms with Crippen molar-refractivity contribution in [3.8, 4) is 0 Å². The Balaban J connectivity index is 2.43. The van der Waals surface area contributed by atoms with Gasteiger partial charge in [0.15, 0.2) is 9.84 Å². The van der Waals surface area contributed by atoms with E-state index in [-0.39, 0.29) is 10.6 Å². The molecule has 1 aromatic heterocycles. The van der Waals surface area contributed by atoms with Crippen LogP contribution in [-0.2, 0) is 22.1 Å². The molecule has 0 radical (unpaired) electrons. The standard InChI is InChI=1S/C13H14ClFN2O2S/c1-3-17-12(13(14)9(2)16-17)8-20(18,19)11-6-4-5-10(15)7-11/h4-7H,3,8H2,1-2H3. The van der Waals surface area contributed by atoms with Gasteiger partial charge in [0.05, 0.1) is 27.1 Å². The number of benzene rings is 1. The third-order valence-corrected chi connectivity index (χ3v) is 5.05. The Morgan fingerprint density at radius 3 is 2.70 bits per heavy atom. The lowest BCUT2D eigenvalue weighted by Gasteiger charge is -2.07. The summed E-state index contributed by atoms with van der Waals surface area (Å²) in [6, 6.07) is 4.94. The molecule has 2 aromatic rings. The molecule has 4 nitrogen and oxygen atoms in total. The predicted molar refractivity (Wildman–Crippen MR) is 74.9 cm³/mol. The summed E-state index contributed by atoms with van der Waals surface area (Å²) < 4.78 is 39.3. The van der Waals surface area contributed by atoms with E-state index in [1.54, 1.807) is 11.6 Å². The lowest BCUT2D eigenvalue weighted by atomic mass is 10.3. The highest BCUT2D eigenvalue weighted by molar-refractivity contribution is 7.90. The van der Waals surface area contributed by atoms with Gasteiger partial charge in [0.2, 0.25) is 0 Å². The van der Waals surface area contributed by atoms with Crippen LogP contribution in [0.1, 0.15) is 18.3 Å². The number of aromatic nitrogens is 2. The molecule has 0 aliphatic carbocycles. The molecule has 0 amide bonds. The summed E-state index contributed by atoms with van der Waals surface area (Å²) in [4.78, 5) is -0.0601. The molecule has 1 heterocycles. The Labute approximate surface area is 122 Å². The van der Waals surface area contributed by atoms with Gasteiger partial charge in [0.25, 0.3) is 0 Å². The van der Waals surface area contributed by atoms with Gasteiger partial charge in [-0.15, -0.1) is 0 Å². The fraction of sp³-hybridized carbons (Fsp3) is 0.308. The third kappa shape index (κ3) is 2.86. The zero-order chi connectivity index (χ0) is 14.9. The second kappa shape index (κ2) is 5.54. The normalized spacial score (nSPS) is 11.8. The Hall–Kier alpha value is -1.40. The van der Waals surface area contributed by atoms with Crippen molar-refractivity contribution in [2.75, 3.05) is 0 Å². The van der Waals surface area contributed by atoms with Crippen molar-refractivity contribution in [2.24, 2.45) is 0 Å². The van der Waals surface area contributed by atoms with Gasteiger partial charge >= 0.3 is 0 Å². The zero-order valence-electron chi connectivity index (χ0n) is 11.1. The summed E-state index contributed by atoms with van der Waals surface area (Å²) in [6.07, 6.45) is 0. The quantitative estimate of drug-likeness (QED) is 0.871. The molecule has 0 atom stereocenters. The molecule has 0 spiro atoms. The molecule has 0 saturated carbocycles. The number of sulfone groups is 1. The molecular formula is C13H14ClFN2O2S. The number of rotatable bonds is 4. The van der Waals surface area contributed by atoms with Crippen LogP contribution in [-0.4, -0.2) is 18.2 Å². The van der Waals surface area contributed by atoms with Gasteiger partial charge in [-0.1, -0.05) is 17.7 Å². The third-order valence-electron chi connectivity index (χ3n) is 2.93. The SMILES string of the molecule is CCn1nc(C)c(Cl)c1CS(=O)(=O)c1cccc(F)c1. The van der Waals surface area contributed by atoms with Crippen LogP contribution in [0, 0.1) is 12.7 Å². The number of hydrogen-bond acceptors (Lipinski definition) is 3. The highest BCUT2D eigenvalue weighted by atomic mass is 35.5. The van der Waals surface area contributed by atoms with Gasteiger partial charge in [0, 0.05) is 6.54 Å². The van der Waals surface area contributed by atoms with Gasteiger partial charge in [-0.25, -0.2) is 12.8 Å². The molecule has 0 fully saturated rings. The van der Waals surface area contributed by atoms with E-state index in [1.165, 1.54) is 18.2 Å². The predicted octanol–water partition coefficient (Wildman–Crippen LogP) is 2.98. The molecule has 108 valence electrons. The summed E-state index contributed by atoms with van der Waals surface area (Å²) in [7, 11) is -3.66. The topological polar surface area (TPSA) is 52.0 Å². The Morgan fingerprint density at radius 1 is 1.40 bits per heavy atom. The van der Waals surface area contributed by atoms with Crippen molar-refractivity contribution in [1.82, 2.24) is 9.78 Å². The fourth-order valence-corrected chi connectivity index (χ4v) is 3.61. The lowest BCUT2D eigenvalue weighted by Crippen LogP contribution is -2.11. The van der Waals surface area contributed by atoms with Crippen LogP contribution in [0.5, 0.6) is 0 Å². The van der Waals surface area contributed by atoms with Gasteiger partial charge in [-0.2, -0.15) is 5.10 Å². The van der Waals surface area contributed by atoms with E-state index in [4.69, 9.17) is 11.6 Å². The second-order valence-corrected chi connectivity index (χ2v) is 6.75. The van der Waals surface area contributed by atoms with Gasteiger partial charge < -0.3 is 0 Å². The number of nitrogens with zero attached hydrogens (tertiary/aromatic N) is 2. The molecule has 0 unspecified atom stereocenters. The molecule has 7 heteroatoms. The molecule has 0 aliphatic heterocycles. The van der Waals surface area contributed by atoms with E-state index in [0.29, 0.717) is 23.0 Å². The minimum absolute atomic E-state index is 0.0601. The van der Waals surface area contributed by atoms with Crippen molar-refractivity contribution < 1.29 is 12.8 Å². The first-order chi connectivity index (χ1) is 9.35. The first-order valence-electron chi connectivity index (χ1n) is 6.05. The molecule has 2 rings (SSSR count). The Morgan fingerprint density at radius 2 is 2.10 bits per heavy atom. The van der Waals surface area contributed by atoms with E-state index in [2.05, 4.69) is 5.10 Å². The van der Waals surface area contributed by atoms with Crippen molar-refractivity contribution in [3.63, 3.8) is 0 Å². The van der Waals surface area contributed by atoms with E-state index < -0.39 is 15.7 Å². The van der Waals surface area contributed by atoms with Crippen LogP contribution in [0.4, 0.5) is 4.39 Å². The van der Waals surface area contributed by atoms with Crippen LogP contribution in [0.15, 0.2) is 29.2 Å². The summed E-state index contributed by atoms with van der Waals surface area (Å²) in [6.45, 7) is 4.08. The van der Waals surface area contributed by atoms with Gasteiger partial charge in [-0.05, 0) is 32.0 Å². The maximum atomic E-state index is 13.2. The monoisotopic (exact) mass is 316 g/mol. The minimum atomic E-state index is -3.66. The average molecular weight is 317 g/mol. The van der Waals surface area contributed by atoms with E-state index in [1.807, 2.05) is 6.92 Å². The Bertz CT molecular complexity index is 741. The van der Waals surface area contributed by atoms with Crippen molar-refractivity contribution in [1.29, 1.82) is 0 Å². The maximum Gasteiger partial charge on any atom is 0.184 e. The second-order valence-electron chi connectivity index (χ2n) is 4.38. The van der Waals surface area contributed by atoms with Gasteiger partial charge in [0.1, 0.15) is 5.82 Å². The summed E-state index contributed by atoms with van der Waals surface area (Å²) in [5, 5.41) is 4.51. The highest BCUT2D eigenvalue weighted by Crippen LogP contribution is 2.25. The van der Waals surface area contributed by atoms with Crippen LogP contribution >= 0.6 is 11.6 Å². The number of hydrogen-bond donors (Lipinski definition) is 0. The lowest BCUT2D eigenvalue weighted by molar-refractivity contribution is 0.582. The average Bonchev–Trinajstić information content (AvgIpc) is 2.66. The summed E-state index contributed by atoms with van der Waals surface area (Å²) in [5.74, 6) is -0.887. The molecule has 0 saturated heterocycles. The largest absolute Gasteiger partial charge is 0.267 e. The minimum Gasteiger partial charge on any atom is -0.267 e. The van der Waals surface area contributed by atoms with Crippen LogP contribution in [0.2, 0.25) is 5.02 Å². The fourth-order valence-electron chi connectivity index (χ4n) is 1.93. The number of halogens is 2. The van der Waals surface area contributed by atoms with Crippen molar-refractivity contribution >= 4 is 21.4 Å². The van der Waals surface area contributed by atoms with E-state index in [9.17, 15) is 12.8 Å². The summed E-state index contributed by atoms with van der Waals surface area (Å²) in [5.41, 5.74) is 1.01. The molecule has 1 aromatic carbocycles. The zero-order valence-corrected chi connectivity index (χ0v) is 12.7. The summed E-state index contributed by atoms with van der Waals surface area (Å²) >= 11 is 6.10. The van der Waals surface area contributed by atoms with Crippen LogP contribution < -0.4 is 0 Å². The maximum absolute atomic E-state index is 13.2. The Kier molecular flexibility index (Phi) is 4.15. The first-order valence-corrected chi connectivity index (χ1v) is 8.08. The molecule has 0 N–H and O–H groups in total. The molecule has 0 aliphatic rings. The van der Waals surface area contributed by atoms with E-state index in [0.717, 1.165) is 6.07 Å². The van der Waals surface area contributed by atoms with E-state index >= 15 is 0 Å². The highest BCUT2D eigenvalue weighted by Gasteiger charge is 2.22. The molecular weight excluding hydrogens is 303 g/mol. The van der Waals surface area contributed by atoms with Crippen LogP contribution in [0.25, 0.3) is 0 Å². The first kappa shape index (κ1) is 15.0. The van der Waals surface area contributed by atoms with Crippen molar-refractivity contribution in [2.45, 2.75) is 31.0 Å². The van der Waals surface area contributed by atoms with Gasteiger partial charge in [-0.3, -0.25) is 4.68 Å². The van der Waals surface area contributed by atoms with Crippen LogP contribution in [0.3, 0.4) is 0 Å². The smallest absolute Gasteiger partial charge is 0.184 e. The molecule has 0 bridgehead atoms. The van der Waals surface area contributed by atoms with Crippen molar-refractivity contribution in [3.05, 3.63) is 46.5 Å².